The van der Waals surface area contributed by atoms with Crippen molar-refractivity contribution in [2.75, 3.05) is 13.2 Å². The second-order valence-electron chi connectivity index (χ2n) is 5.19. The van der Waals surface area contributed by atoms with E-state index in [2.05, 4.69) is 0 Å². The average Bonchev–Trinajstić information content (AvgIpc) is 2.61. The fourth-order valence-electron chi connectivity index (χ4n) is 2.29. The van der Waals surface area contributed by atoms with Crippen molar-refractivity contribution >= 4 is 17.3 Å². The Morgan fingerprint density at radius 2 is 1.56 bits per heavy atom. The van der Waals surface area contributed by atoms with Gasteiger partial charge in [0.1, 0.15) is 0 Å². The highest BCUT2D eigenvalue weighted by atomic mass is 16.6. The zero-order valence-electron chi connectivity index (χ0n) is 13.1. The van der Waals surface area contributed by atoms with Crippen LogP contribution in [0.3, 0.4) is 0 Å². The van der Waals surface area contributed by atoms with E-state index in [0.717, 1.165) is 23.8 Å². The Kier molecular flexibility index (Phi) is 5.75. The number of benzene rings is 2. The number of amides is 1. The second kappa shape index (κ2) is 7.97. The molecule has 0 unspecified atom stereocenters. The summed E-state index contributed by atoms with van der Waals surface area (Å²) >= 11 is 0. The summed E-state index contributed by atoms with van der Waals surface area (Å²) in [5, 5.41) is 31.1. The summed E-state index contributed by atoms with van der Waals surface area (Å²) in [5.74, 6) is -0.635. The number of rotatable bonds is 7. The van der Waals surface area contributed by atoms with Gasteiger partial charge in [-0.25, -0.2) is 0 Å². The number of nitro benzene ring substituents is 2. The van der Waals surface area contributed by atoms with Crippen molar-refractivity contribution in [2.24, 2.45) is 0 Å². The van der Waals surface area contributed by atoms with E-state index in [1.165, 1.54) is 4.90 Å². The van der Waals surface area contributed by atoms with Crippen LogP contribution in [0.15, 0.2) is 48.5 Å². The van der Waals surface area contributed by atoms with Gasteiger partial charge in [0.2, 0.25) is 0 Å². The molecule has 1 amide bonds. The molecule has 0 aliphatic carbocycles. The number of hydrogen-bond acceptors (Lipinski definition) is 6. The van der Waals surface area contributed by atoms with Gasteiger partial charge < -0.3 is 10.0 Å². The third-order valence-electron chi connectivity index (χ3n) is 3.44. The minimum absolute atomic E-state index is 0.00971. The first-order chi connectivity index (χ1) is 11.9. The molecule has 9 nitrogen and oxygen atoms in total. The highest BCUT2D eigenvalue weighted by Crippen LogP contribution is 2.24. The lowest BCUT2D eigenvalue weighted by atomic mass is 10.1. The van der Waals surface area contributed by atoms with Crippen LogP contribution in [0.2, 0.25) is 0 Å². The highest BCUT2D eigenvalue weighted by molar-refractivity contribution is 5.95. The van der Waals surface area contributed by atoms with E-state index >= 15 is 0 Å². The SMILES string of the molecule is O=C(c1cc([N+](=O)[O-])cc([N+](=O)[O-])c1)N(CCO)Cc1ccccc1. The third-order valence-corrected chi connectivity index (χ3v) is 3.44. The maximum absolute atomic E-state index is 12.7. The van der Waals surface area contributed by atoms with E-state index in [-0.39, 0.29) is 25.3 Å². The van der Waals surface area contributed by atoms with Crippen LogP contribution in [0.1, 0.15) is 15.9 Å². The van der Waals surface area contributed by atoms with Gasteiger partial charge in [0.15, 0.2) is 0 Å². The number of non-ortho nitro benzene ring substituents is 2. The number of nitrogens with zero attached hydrogens (tertiary/aromatic N) is 3. The standard InChI is InChI=1S/C16H15N3O6/c20-7-6-17(11-12-4-2-1-3-5-12)16(21)13-8-14(18(22)23)10-15(9-13)19(24)25/h1-5,8-10,20H,6-7,11H2. The predicted molar refractivity (Wildman–Crippen MR) is 88.0 cm³/mol. The summed E-state index contributed by atoms with van der Waals surface area (Å²) in [7, 11) is 0. The van der Waals surface area contributed by atoms with Crippen LogP contribution in [0.25, 0.3) is 0 Å². The number of carbonyl (C=O) groups excluding carboxylic acids is 1. The van der Waals surface area contributed by atoms with Crippen LogP contribution in [-0.2, 0) is 6.54 Å². The van der Waals surface area contributed by atoms with Crippen molar-refractivity contribution in [2.45, 2.75) is 6.54 Å². The maximum atomic E-state index is 12.7. The van der Waals surface area contributed by atoms with Crippen molar-refractivity contribution in [3.05, 3.63) is 79.9 Å². The van der Waals surface area contributed by atoms with Gasteiger partial charge in [0, 0.05) is 25.2 Å². The molecule has 0 fully saturated rings. The highest BCUT2D eigenvalue weighted by Gasteiger charge is 2.23. The largest absolute Gasteiger partial charge is 0.395 e. The Labute approximate surface area is 142 Å². The van der Waals surface area contributed by atoms with Gasteiger partial charge in [-0.3, -0.25) is 25.0 Å². The van der Waals surface area contributed by atoms with Gasteiger partial charge in [-0.05, 0) is 5.56 Å². The summed E-state index contributed by atoms with van der Waals surface area (Å²) in [5.41, 5.74) is -0.461. The Balaban J connectivity index is 2.37. The lowest BCUT2D eigenvalue weighted by Crippen LogP contribution is -2.33. The summed E-state index contributed by atoms with van der Waals surface area (Å²) in [6.45, 7) is -0.156. The molecule has 2 aromatic carbocycles. The molecule has 1 N–H and O–H groups in total. The van der Waals surface area contributed by atoms with Crippen LogP contribution in [0.5, 0.6) is 0 Å². The van der Waals surface area contributed by atoms with E-state index in [1.54, 1.807) is 24.3 Å². The summed E-state index contributed by atoms with van der Waals surface area (Å²) in [4.78, 5) is 34.3. The van der Waals surface area contributed by atoms with E-state index in [0.29, 0.717) is 0 Å². The fourth-order valence-corrected chi connectivity index (χ4v) is 2.29. The van der Waals surface area contributed by atoms with Gasteiger partial charge in [-0.1, -0.05) is 30.3 Å². The molecule has 2 aromatic rings. The van der Waals surface area contributed by atoms with Gasteiger partial charge in [0.25, 0.3) is 17.3 Å². The molecule has 130 valence electrons. The first-order valence-corrected chi connectivity index (χ1v) is 7.30. The first kappa shape index (κ1) is 18.0. The molecule has 2 rings (SSSR count). The van der Waals surface area contributed by atoms with Gasteiger partial charge in [0.05, 0.1) is 28.1 Å². The second-order valence-corrected chi connectivity index (χ2v) is 5.19. The van der Waals surface area contributed by atoms with Gasteiger partial charge in [-0.15, -0.1) is 0 Å². The van der Waals surface area contributed by atoms with Gasteiger partial charge in [-0.2, -0.15) is 0 Å². The molecule has 0 bridgehead atoms. The van der Waals surface area contributed by atoms with Crippen LogP contribution in [-0.4, -0.2) is 38.9 Å². The van der Waals surface area contributed by atoms with E-state index in [9.17, 15) is 30.1 Å². The number of carbonyl (C=O) groups is 1. The Morgan fingerprint density at radius 3 is 2.04 bits per heavy atom. The molecule has 0 radical (unpaired) electrons. The summed E-state index contributed by atoms with van der Waals surface area (Å²) in [6.07, 6.45) is 0. The normalized spacial score (nSPS) is 10.3. The molecule has 0 aliphatic rings. The average molecular weight is 345 g/mol. The minimum atomic E-state index is -0.794. The molecule has 0 aromatic heterocycles. The van der Waals surface area contributed by atoms with Crippen molar-refractivity contribution in [1.82, 2.24) is 4.90 Å². The quantitative estimate of drug-likeness (QED) is 0.605. The lowest BCUT2D eigenvalue weighted by molar-refractivity contribution is -0.394. The molecule has 0 atom stereocenters. The van der Waals surface area contributed by atoms with Crippen molar-refractivity contribution in [1.29, 1.82) is 0 Å². The monoisotopic (exact) mass is 345 g/mol. The minimum Gasteiger partial charge on any atom is -0.395 e. The summed E-state index contributed by atoms with van der Waals surface area (Å²) < 4.78 is 0. The first-order valence-electron chi connectivity index (χ1n) is 7.30. The van der Waals surface area contributed by atoms with Crippen molar-refractivity contribution in [3.8, 4) is 0 Å². The van der Waals surface area contributed by atoms with Crippen LogP contribution in [0.4, 0.5) is 11.4 Å². The smallest absolute Gasteiger partial charge is 0.277 e. The van der Waals surface area contributed by atoms with Crippen LogP contribution in [0, 0.1) is 20.2 Å². The van der Waals surface area contributed by atoms with E-state index < -0.39 is 27.1 Å². The number of nitro groups is 2. The zero-order valence-corrected chi connectivity index (χ0v) is 13.1. The van der Waals surface area contributed by atoms with Gasteiger partial charge >= 0.3 is 0 Å². The molecule has 25 heavy (non-hydrogen) atoms. The number of aliphatic hydroxyl groups excluding tert-OH is 1. The fraction of sp³-hybridized carbons (Fsp3) is 0.188. The lowest BCUT2D eigenvalue weighted by Gasteiger charge is -2.22. The number of hydrogen-bond donors (Lipinski definition) is 1. The Bertz CT molecular complexity index is 761. The molecular weight excluding hydrogens is 330 g/mol. The molecule has 0 heterocycles. The third kappa shape index (κ3) is 4.58. The predicted octanol–water partition coefficient (Wildman–Crippen LogP) is 2.14. The Hall–Kier alpha value is -3.33. The molecule has 0 saturated carbocycles. The molecule has 0 aliphatic heterocycles. The van der Waals surface area contributed by atoms with E-state index in [4.69, 9.17) is 0 Å². The molecule has 9 heteroatoms. The number of aliphatic hydroxyl groups is 1. The summed E-state index contributed by atoms with van der Waals surface area (Å²) in [6, 6.07) is 11.7. The molecule has 0 spiro atoms. The topological polar surface area (TPSA) is 127 Å². The van der Waals surface area contributed by atoms with Crippen LogP contribution >= 0.6 is 0 Å². The van der Waals surface area contributed by atoms with Crippen LogP contribution < -0.4 is 0 Å². The van der Waals surface area contributed by atoms with Crippen molar-refractivity contribution in [3.63, 3.8) is 0 Å². The maximum Gasteiger partial charge on any atom is 0.277 e. The molecule has 0 saturated heterocycles. The Morgan fingerprint density at radius 1 is 1.00 bits per heavy atom. The van der Waals surface area contributed by atoms with E-state index in [1.807, 2.05) is 6.07 Å². The molecular formula is C16H15N3O6. The van der Waals surface area contributed by atoms with Crippen molar-refractivity contribution < 1.29 is 19.7 Å². The zero-order chi connectivity index (χ0) is 18.4.